The third kappa shape index (κ3) is 2.71. The van der Waals surface area contributed by atoms with Crippen LogP contribution in [0.5, 0.6) is 0 Å². The van der Waals surface area contributed by atoms with Crippen LogP contribution in [0.3, 0.4) is 0 Å². The highest BCUT2D eigenvalue weighted by molar-refractivity contribution is 6.21. The van der Waals surface area contributed by atoms with Crippen LogP contribution in [0.1, 0.15) is 5.56 Å². The van der Waals surface area contributed by atoms with Crippen molar-refractivity contribution in [3.8, 4) is 17.1 Å². The molecule has 0 aliphatic heterocycles. The highest BCUT2D eigenvalue weighted by atomic mass is 16.3. The van der Waals surface area contributed by atoms with E-state index in [1.54, 1.807) is 12.4 Å². The number of fused-ring (bicyclic) bond motifs is 6. The number of aliphatic hydroxyl groups is 1. The molecule has 0 fully saturated rings. The number of benzene rings is 3. The molecule has 0 saturated carbocycles. The molecule has 0 saturated heterocycles. The van der Waals surface area contributed by atoms with Gasteiger partial charge in [0.25, 0.3) is 0 Å². The maximum atomic E-state index is 9.45. The Bertz CT molecular complexity index is 1550. The van der Waals surface area contributed by atoms with E-state index in [2.05, 4.69) is 38.8 Å². The minimum Gasteiger partial charge on any atom is -0.392 e. The lowest BCUT2D eigenvalue weighted by atomic mass is 10.1. The van der Waals surface area contributed by atoms with Crippen molar-refractivity contribution in [2.45, 2.75) is 6.61 Å². The van der Waals surface area contributed by atoms with Gasteiger partial charge in [0.2, 0.25) is 0 Å². The van der Waals surface area contributed by atoms with Crippen molar-refractivity contribution >= 4 is 32.8 Å². The number of para-hydroxylation sites is 1. The van der Waals surface area contributed by atoms with Gasteiger partial charge in [0.1, 0.15) is 5.82 Å². The van der Waals surface area contributed by atoms with E-state index >= 15 is 0 Å². The first kappa shape index (κ1) is 17.7. The van der Waals surface area contributed by atoms with Gasteiger partial charge < -0.3 is 5.11 Å². The summed E-state index contributed by atoms with van der Waals surface area (Å²) < 4.78 is 2.19. The van der Waals surface area contributed by atoms with Crippen molar-refractivity contribution in [2.24, 2.45) is 0 Å². The zero-order valence-electron chi connectivity index (χ0n) is 16.6. The maximum absolute atomic E-state index is 9.45. The topological polar surface area (TPSA) is 63.8 Å². The third-order valence-corrected chi connectivity index (χ3v) is 5.64. The monoisotopic (exact) mass is 402 g/mol. The van der Waals surface area contributed by atoms with Gasteiger partial charge in [0, 0.05) is 34.4 Å². The van der Waals surface area contributed by atoms with Gasteiger partial charge in [-0.2, -0.15) is 0 Å². The van der Waals surface area contributed by atoms with E-state index in [1.165, 1.54) is 0 Å². The second-order valence-corrected chi connectivity index (χ2v) is 7.46. The summed E-state index contributed by atoms with van der Waals surface area (Å²) in [5.41, 5.74) is 6.50. The SMILES string of the molecule is OCc1ccc(-c2nc3c4cccnc4c4ncccc4c3n2-c2ccccc2)cc1. The summed E-state index contributed by atoms with van der Waals surface area (Å²) in [5, 5.41) is 11.4. The van der Waals surface area contributed by atoms with Gasteiger partial charge >= 0.3 is 0 Å². The molecule has 0 aliphatic carbocycles. The Kier molecular flexibility index (Phi) is 4.01. The molecular weight excluding hydrogens is 384 g/mol. The number of imidazole rings is 1. The minimum atomic E-state index is 0.0159. The molecule has 0 radical (unpaired) electrons. The first-order valence-electron chi connectivity index (χ1n) is 10.1. The Morgan fingerprint density at radius 2 is 1.35 bits per heavy atom. The van der Waals surface area contributed by atoms with Crippen molar-refractivity contribution < 1.29 is 5.11 Å². The summed E-state index contributed by atoms with van der Waals surface area (Å²) in [6.45, 7) is 0.0159. The van der Waals surface area contributed by atoms with Crippen LogP contribution in [-0.4, -0.2) is 24.6 Å². The Labute approximate surface area is 178 Å². The van der Waals surface area contributed by atoms with Gasteiger partial charge in [0.05, 0.1) is 28.7 Å². The summed E-state index contributed by atoms with van der Waals surface area (Å²) in [4.78, 5) is 14.4. The number of rotatable bonds is 3. The summed E-state index contributed by atoms with van der Waals surface area (Å²) in [5.74, 6) is 0.840. The van der Waals surface area contributed by atoms with E-state index in [4.69, 9.17) is 4.98 Å². The lowest BCUT2D eigenvalue weighted by molar-refractivity contribution is 0.282. The van der Waals surface area contributed by atoms with E-state index in [9.17, 15) is 5.11 Å². The van der Waals surface area contributed by atoms with Crippen LogP contribution >= 0.6 is 0 Å². The van der Waals surface area contributed by atoms with Gasteiger partial charge in [-0.05, 0) is 42.0 Å². The van der Waals surface area contributed by atoms with E-state index < -0.39 is 0 Å². The minimum absolute atomic E-state index is 0.0159. The molecule has 31 heavy (non-hydrogen) atoms. The predicted molar refractivity (Wildman–Crippen MR) is 123 cm³/mol. The van der Waals surface area contributed by atoms with Crippen molar-refractivity contribution in [1.29, 1.82) is 0 Å². The molecule has 3 aromatic carbocycles. The lowest BCUT2D eigenvalue weighted by Gasteiger charge is -2.12. The van der Waals surface area contributed by atoms with Gasteiger partial charge in [-0.3, -0.25) is 14.5 Å². The quantitative estimate of drug-likeness (QED) is 0.409. The molecule has 148 valence electrons. The van der Waals surface area contributed by atoms with E-state index in [0.29, 0.717) is 0 Å². The smallest absolute Gasteiger partial charge is 0.145 e. The molecule has 0 bridgehead atoms. The number of hydrogen-bond donors (Lipinski definition) is 1. The van der Waals surface area contributed by atoms with Crippen molar-refractivity contribution in [3.05, 3.63) is 96.8 Å². The molecule has 5 heteroatoms. The van der Waals surface area contributed by atoms with E-state index in [-0.39, 0.29) is 6.61 Å². The number of nitrogens with zero attached hydrogens (tertiary/aromatic N) is 4. The summed E-state index contributed by atoms with van der Waals surface area (Å²) in [6, 6.07) is 26.2. The standard InChI is InChI=1S/C26H18N4O/c31-16-17-10-12-18(13-11-17)26-29-24-20-8-4-14-27-22(20)23-21(9-5-15-28-23)25(24)30(26)19-6-2-1-3-7-19/h1-15,31H,16H2. The van der Waals surface area contributed by atoms with Crippen LogP contribution < -0.4 is 0 Å². The molecule has 0 aliphatic rings. The third-order valence-electron chi connectivity index (χ3n) is 5.64. The zero-order chi connectivity index (χ0) is 20.8. The van der Waals surface area contributed by atoms with Crippen LogP contribution in [0.25, 0.3) is 49.9 Å². The number of aliphatic hydroxyl groups excluding tert-OH is 1. The first-order valence-corrected chi connectivity index (χ1v) is 10.1. The number of hydrogen-bond acceptors (Lipinski definition) is 4. The fourth-order valence-corrected chi connectivity index (χ4v) is 4.21. The average Bonchev–Trinajstić information content (AvgIpc) is 3.26. The summed E-state index contributed by atoms with van der Waals surface area (Å²) in [7, 11) is 0. The van der Waals surface area contributed by atoms with Crippen LogP contribution in [0.2, 0.25) is 0 Å². The predicted octanol–water partition coefficient (Wildman–Crippen LogP) is 5.28. The van der Waals surface area contributed by atoms with Gasteiger partial charge in [0.15, 0.2) is 0 Å². The summed E-state index contributed by atoms with van der Waals surface area (Å²) >= 11 is 0. The Balaban J connectivity index is 1.82. The fourth-order valence-electron chi connectivity index (χ4n) is 4.21. The molecule has 0 amide bonds. The zero-order valence-corrected chi connectivity index (χ0v) is 16.6. The molecule has 3 aromatic heterocycles. The van der Waals surface area contributed by atoms with E-state index in [1.807, 2.05) is 54.6 Å². The van der Waals surface area contributed by atoms with Crippen LogP contribution in [0.4, 0.5) is 0 Å². The number of pyridine rings is 2. The lowest BCUT2D eigenvalue weighted by Crippen LogP contribution is -1.98. The van der Waals surface area contributed by atoms with Crippen LogP contribution in [-0.2, 0) is 6.61 Å². The van der Waals surface area contributed by atoms with Crippen molar-refractivity contribution in [2.75, 3.05) is 0 Å². The van der Waals surface area contributed by atoms with Crippen LogP contribution in [0.15, 0.2) is 91.3 Å². The van der Waals surface area contributed by atoms with Crippen molar-refractivity contribution in [3.63, 3.8) is 0 Å². The molecule has 6 aromatic rings. The van der Waals surface area contributed by atoms with Crippen LogP contribution in [0, 0.1) is 0 Å². The number of aromatic nitrogens is 4. The second kappa shape index (κ2) is 7.00. The molecule has 0 unspecified atom stereocenters. The van der Waals surface area contributed by atoms with Gasteiger partial charge in [-0.15, -0.1) is 0 Å². The molecule has 1 N–H and O–H groups in total. The highest BCUT2D eigenvalue weighted by Gasteiger charge is 2.20. The van der Waals surface area contributed by atoms with Gasteiger partial charge in [-0.1, -0.05) is 42.5 Å². The first-order chi connectivity index (χ1) is 15.3. The average molecular weight is 402 g/mol. The van der Waals surface area contributed by atoms with Gasteiger partial charge in [-0.25, -0.2) is 4.98 Å². The molecular formula is C26H18N4O. The van der Waals surface area contributed by atoms with E-state index in [0.717, 1.165) is 55.5 Å². The van der Waals surface area contributed by atoms with Crippen molar-refractivity contribution in [1.82, 2.24) is 19.5 Å². The molecule has 3 heterocycles. The molecule has 5 nitrogen and oxygen atoms in total. The Hall–Kier alpha value is -4.09. The molecule has 0 atom stereocenters. The normalized spacial score (nSPS) is 11.5. The second-order valence-electron chi connectivity index (χ2n) is 7.46. The Morgan fingerprint density at radius 1 is 0.677 bits per heavy atom. The summed E-state index contributed by atoms with van der Waals surface area (Å²) in [6.07, 6.45) is 3.60. The fraction of sp³-hybridized carbons (Fsp3) is 0.0385. The molecule has 0 spiro atoms. The largest absolute Gasteiger partial charge is 0.392 e. The maximum Gasteiger partial charge on any atom is 0.145 e. The molecule has 6 rings (SSSR count). The highest BCUT2D eigenvalue weighted by Crippen LogP contribution is 2.37. The Morgan fingerprint density at radius 3 is 2.06 bits per heavy atom.